The number of hydrogen-bond donors (Lipinski definition) is 2. The lowest BCUT2D eigenvalue weighted by molar-refractivity contribution is 0.312. The first kappa shape index (κ1) is 8.84. The molecule has 0 aliphatic carbocycles. The van der Waals surface area contributed by atoms with E-state index in [1.807, 2.05) is 0 Å². The van der Waals surface area contributed by atoms with Crippen molar-refractivity contribution in [3.63, 3.8) is 0 Å². The molecule has 36 valence electrons. The first-order valence-electron chi connectivity index (χ1n) is 0.765. The highest BCUT2D eigenvalue weighted by Gasteiger charge is 1.18. The monoisotopic (exact) mass is 94.0 g/mol. The van der Waals surface area contributed by atoms with Gasteiger partial charge in [-0.25, -0.2) is 0 Å². The van der Waals surface area contributed by atoms with Crippen molar-refractivity contribution >= 4 is 0 Å². The van der Waals surface area contributed by atoms with Gasteiger partial charge in [-0.2, -0.15) is 0 Å². The van der Waals surface area contributed by atoms with Gasteiger partial charge in [0.15, 0.2) is 10.7 Å². The maximum absolute atomic E-state index is 8.11. The fraction of sp³-hybridized carbons (Fsp3) is 0. The summed E-state index contributed by atoms with van der Waals surface area (Å²) in [6.45, 7) is 0. The van der Waals surface area contributed by atoms with Crippen molar-refractivity contribution in [2.24, 2.45) is 10.7 Å². The molecule has 0 fully saturated rings. The molecule has 0 unspecified atom stereocenters. The molecule has 2 N–H and O–H groups in total. The van der Waals surface area contributed by atoms with Crippen LogP contribution in [-0.2, 0) is 0 Å². The third-order valence-electron chi connectivity index (χ3n) is 0. The molecule has 0 saturated heterocycles. The molecule has 0 bridgehead atoms. The van der Waals surface area contributed by atoms with E-state index in [1.54, 1.807) is 0 Å². The summed E-state index contributed by atoms with van der Waals surface area (Å²) in [5, 5.41) is 15.8. The molecule has 0 saturated carbocycles. The van der Waals surface area contributed by atoms with Gasteiger partial charge < -0.3 is 10.4 Å². The predicted molar refractivity (Wildman–Crippen MR) is 15.2 cm³/mol. The van der Waals surface area contributed by atoms with Gasteiger partial charge in [-0.1, -0.05) is 0 Å². The Hall–Kier alpha value is -1.20. The van der Waals surface area contributed by atoms with Gasteiger partial charge in [0.1, 0.15) is 0 Å². The lowest BCUT2D eigenvalue weighted by Crippen LogP contribution is -1.25. The largest absolute Gasteiger partial charge is 0.379 e. The fourth-order valence-electron chi connectivity index (χ4n) is 0. The lowest BCUT2D eigenvalue weighted by Gasteiger charge is -1.32. The van der Waals surface area contributed by atoms with Crippen LogP contribution < -0.4 is 0 Å². The molecule has 0 radical (unpaired) electrons. The summed E-state index contributed by atoms with van der Waals surface area (Å²) in [5.74, 6) is 0. The van der Waals surface area contributed by atoms with Gasteiger partial charge >= 0.3 is 0 Å². The number of rotatable bonds is 0. The maximum Gasteiger partial charge on any atom is 0.152 e. The van der Waals surface area contributed by atoms with E-state index in [2.05, 4.69) is 0 Å². The van der Waals surface area contributed by atoms with Crippen molar-refractivity contribution in [2.45, 2.75) is 0 Å². The zero-order valence-corrected chi connectivity index (χ0v) is 2.61. The molecule has 0 aliphatic rings. The summed E-state index contributed by atoms with van der Waals surface area (Å²) in [6.07, 6.45) is 0. The van der Waals surface area contributed by atoms with Crippen LogP contribution in [0.1, 0.15) is 0 Å². The van der Waals surface area contributed by atoms with Crippen LogP contribution in [0.5, 0.6) is 0 Å². The maximum atomic E-state index is 8.11. The van der Waals surface area contributed by atoms with Crippen LogP contribution in [0, 0.1) is 9.81 Å². The summed E-state index contributed by atoms with van der Waals surface area (Å²) >= 11 is 0. The first-order valence-corrected chi connectivity index (χ1v) is 0.765. The Morgan fingerprint density at radius 1 is 1.00 bits per heavy atom. The molecular weight excluding hydrogens is 92.0 g/mol. The summed E-state index contributed by atoms with van der Waals surface area (Å²) < 4.78 is 0. The highest BCUT2D eigenvalue weighted by atomic mass is 16.6. The molecule has 0 amide bonds. The standard InChI is InChI=1S/2HNO2/c2*2-1-3/h2*(H,2,3). The van der Waals surface area contributed by atoms with Gasteiger partial charge in [-0.05, 0) is 0 Å². The SMILES string of the molecule is O=NO.O=NO. The van der Waals surface area contributed by atoms with E-state index in [0.717, 1.165) is 0 Å². The summed E-state index contributed by atoms with van der Waals surface area (Å²) in [5.41, 5.74) is 0. The minimum Gasteiger partial charge on any atom is -0.379 e. The Kier molecular flexibility index (Phi) is 68.6. The summed E-state index contributed by atoms with van der Waals surface area (Å²) in [4.78, 5) is 16.2. The molecule has 0 spiro atoms. The Morgan fingerprint density at radius 3 is 1.00 bits per heavy atom. The van der Waals surface area contributed by atoms with Crippen LogP contribution in [0.2, 0.25) is 0 Å². The third-order valence-corrected chi connectivity index (χ3v) is 0. The Bertz CT molecular complexity index is 26.5. The van der Waals surface area contributed by atoms with Crippen molar-refractivity contribution in [1.82, 2.24) is 0 Å². The Balaban J connectivity index is 0. The van der Waals surface area contributed by atoms with Crippen LogP contribution in [0.25, 0.3) is 0 Å². The zero-order valence-electron chi connectivity index (χ0n) is 2.61. The highest BCUT2D eigenvalue weighted by molar-refractivity contribution is 3.84. The van der Waals surface area contributed by atoms with Crippen LogP contribution >= 0.6 is 0 Å². The van der Waals surface area contributed by atoms with E-state index >= 15 is 0 Å². The van der Waals surface area contributed by atoms with Gasteiger partial charge in [-0.15, -0.1) is 9.81 Å². The topological polar surface area (TPSA) is 99.3 Å². The van der Waals surface area contributed by atoms with Gasteiger partial charge in [0.05, 0.1) is 0 Å². The minimum absolute atomic E-state index is 1.25. The smallest absolute Gasteiger partial charge is 0.152 e. The van der Waals surface area contributed by atoms with Crippen molar-refractivity contribution in [2.75, 3.05) is 0 Å². The number of hydrogen-bond acceptors (Lipinski definition) is 4. The lowest BCUT2D eigenvalue weighted by atomic mass is 13.4. The normalized spacial score (nSPS) is 4.00. The second kappa shape index (κ2) is 46.5. The molecule has 6 heteroatoms. The van der Waals surface area contributed by atoms with Crippen molar-refractivity contribution in [3.8, 4) is 0 Å². The molecule has 0 atom stereocenters. The fourth-order valence-corrected chi connectivity index (χ4v) is 0. The Morgan fingerprint density at radius 2 is 1.00 bits per heavy atom. The van der Waals surface area contributed by atoms with E-state index < -0.39 is 0 Å². The first-order chi connectivity index (χ1) is 2.83. The molecule has 0 heterocycles. The van der Waals surface area contributed by atoms with E-state index in [1.165, 1.54) is 10.7 Å². The molecule has 0 aromatic heterocycles. The highest BCUT2D eigenvalue weighted by Crippen LogP contribution is 1.25. The van der Waals surface area contributed by atoms with Crippen molar-refractivity contribution in [3.05, 3.63) is 9.81 Å². The van der Waals surface area contributed by atoms with Gasteiger partial charge in [0.25, 0.3) is 0 Å². The molecule has 0 aromatic rings. The molecule has 6 heavy (non-hydrogen) atoms. The van der Waals surface area contributed by atoms with E-state index in [0.29, 0.717) is 0 Å². The van der Waals surface area contributed by atoms with Gasteiger partial charge in [-0.3, -0.25) is 0 Å². The van der Waals surface area contributed by atoms with E-state index in [9.17, 15) is 0 Å². The van der Waals surface area contributed by atoms with Crippen molar-refractivity contribution in [1.29, 1.82) is 0 Å². The predicted octanol–water partition coefficient (Wildman–Crippen LogP) is 0.284. The Labute approximate surface area is 32.3 Å². The summed E-state index contributed by atoms with van der Waals surface area (Å²) in [7, 11) is 0. The van der Waals surface area contributed by atoms with E-state index in [4.69, 9.17) is 20.2 Å². The molecule has 0 aliphatic heterocycles. The van der Waals surface area contributed by atoms with Gasteiger partial charge in [0.2, 0.25) is 0 Å². The molecule has 6 nitrogen and oxygen atoms in total. The molecule has 0 aromatic carbocycles. The molecular formula is H2N2O4. The van der Waals surface area contributed by atoms with Crippen LogP contribution in [0.4, 0.5) is 0 Å². The number of nitrogens with zero attached hydrogens (tertiary/aromatic N) is 2. The van der Waals surface area contributed by atoms with Gasteiger partial charge in [0, 0.05) is 0 Å². The van der Waals surface area contributed by atoms with Crippen LogP contribution in [0.15, 0.2) is 10.7 Å². The third kappa shape index (κ3) is 6.30. The van der Waals surface area contributed by atoms with Crippen LogP contribution in [-0.4, -0.2) is 10.4 Å². The van der Waals surface area contributed by atoms with Crippen LogP contribution in [0.3, 0.4) is 0 Å². The summed E-state index contributed by atoms with van der Waals surface area (Å²) in [6, 6.07) is 0. The van der Waals surface area contributed by atoms with Crippen molar-refractivity contribution < 1.29 is 10.4 Å². The van der Waals surface area contributed by atoms with E-state index in [-0.39, 0.29) is 0 Å². The minimum atomic E-state index is 1.25. The average molecular weight is 94.0 g/mol. The second-order valence-electron chi connectivity index (χ2n) is 0.163. The second-order valence-corrected chi connectivity index (χ2v) is 0.163. The zero-order chi connectivity index (χ0) is 5.41. The molecule has 0 rings (SSSR count). The quantitative estimate of drug-likeness (QED) is 0.332. The average Bonchev–Trinajstić information content (AvgIpc) is 1.39.